The van der Waals surface area contributed by atoms with E-state index in [1.165, 1.54) is 0 Å². The van der Waals surface area contributed by atoms with Gasteiger partial charge in [0.05, 0.1) is 27.4 Å². The van der Waals surface area contributed by atoms with Gasteiger partial charge in [-0.05, 0) is 26.2 Å². The van der Waals surface area contributed by atoms with Crippen LogP contribution in [0, 0.1) is 0 Å². The minimum absolute atomic E-state index is 0.764. The Morgan fingerprint density at radius 1 is 0.462 bits per heavy atom. The van der Waals surface area contributed by atoms with Gasteiger partial charge < -0.3 is 8.85 Å². The van der Waals surface area contributed by atoms with E-state index in [-0.39, 0.29) is 0 Å². The minimum Gasteiger partial charge on any atom is -0.417 e. The Balaban J connectivity index is 4.68. The summed E-state index contributed by atoms with van der Waals surface area (Å²) in [5.41, 5.74) is 0. The molecule has 0 rings (SSSR count). The first kappa shape index (κ1) is 27.0. The Labute approximate surface area is 170 Å². The van der Waals surface area contributed by atoms with Crippen molar-refractivity contribution in [2.45, 2.75) is 91.7 Å². The predicted octanol–water partition coefficient (Wildman–Crippen LogP) is 6.39. The third kappa shape index (κ3) is 6.23. The van der Waals surface area contributed by atoms with E-state index in [1.807, 2.05) is 0 Å². The van der Waals surface area contributed by atoms with Crippen molar-refractivity contribution >= 4 is 45.1 Å². The lowest BCUT2D eigenvalue weighted by molar-refractivity contribution is 0.352. The Kier molecular flexibility index (Phi) is 9.09. The van der Waals surface area contributed by atoms with E-state index < -0.39 is 45.1 Å². The smallest absolute Gasteiger partial charge is 0.171 e. The Morgan fingerprint density at radius 2 is 0.692 bits per heavy atom. The average molecular weight is 465 g/mol. The van der Waals surface area contributed by atoms with Crippen molar-refractivity contribution < 1.29 is 8.85 Å². The zero-order valence-electron chi connectivity index (χ0n) is 20.4. The highest BCUT2D eigenvalue weighted by molar-refractivity contribution is 7.67. The first-order valence-corrected chi connectivity index (χ1v) is 33.0. The van der Waals surface area contributed by atoms with Gasteiger partial charge in [-0.2, -0.15) is 0 Å². The minimum atomic E-state index is -1.59. The quantitative estimate of drug-likeness (QED) is 0.275. The van der Waals surface area contributed by atoms with Gasteiger partial charge in [-0.1, -0.05) is 77.6 Å². The molecule has 0 unspecified atom stereocenters. The summed E-state index contributed by atoms with van der Waals surface area (Å²) in [6, 6.07) is 0. The highest BCUT2D eigenvalue weighted by atomic mass is 29.7. The summed E-state index contributed by atoms with van der Waals surface area (Å²) in [6.45, 7) is 36.7. The third-order valence-electron chi connectivity index (χ3n) is 8.01. The van der Waals surface area contributed by atoms with Crippen LogP contribution in [0.5, 0.6) is 0 Å². The molecule has 8 heteroatoms. The van der Waals surface area contributed by atoms with Crippen molar-refractivity contribution in [3.05, 3.63) is 12.2 Å². The molecule has 0 aromatic carbocycles. The Bertz CT molecular complexity index is 441. The monoisotopic (exact) mass is 464 g/mol. The fourth-order valence-electron chi connectivity index (χ4n) is 2.82. The number of hydrogen-bond acceptors (Lipinski definition) is 2. The van der Waals surface area contributed by atoms with Crippen molar-refractivity contribution in [3.63, 3.8) is 0 Å². The molecule has 0 aromatic rings. The van der Waals surface area contributed by atoms with Gasteiger partial charge in [0.2, 0.25) is 0 Å². The molecule has 0 aliphatic rings. The molecule has 0 saturated heterocycles. The molecular weight excluding hydrogens is 417 g/mol. The molecule has 0 aliphatic heterocycles. The Morgan fingerprint density at radius 3 is 0.885 bits per heavy atom. The summed E-state index contributed by atoms with van der Waals surface area (Å²) < 4.78 is 13.0. The second kappa shape index (κ2) is 8.76. The van der Waals surface area contributed by atoms with Crippen LogP contribution in [0.2, 0.25) is 91.7 Å². The molecule has 0 fully saturated rings. The molecule has 0 radical (unpaired) electrons. The van der Waals surface area contributed by atoms with Gasteiger partial charge in [-0.25, -0.2) is 0 Å². The molecule has 0 aliphatic carbocycles. The molecule has 0 N–H and O–H groups in total. The molecule has 156 valence electrons. The van der Waals surface area contributed by atoms with E-state index >= 15 is 0 Å². The standard InChI is InChI=1S/C18H48O2Si6/c1-21(2,3)25(11,12)23(7,8)19-17-15-16-18-20-24(9,10)26(13,14)22(4,5)6/h15-16H,17-18H2,1-14H3. The topological polar surface area (TPSA) is 18.5 Å². The summed E-state index contributed by atoms with van der Waals surface area (Å²) >= 11 is 0. The second-order valence-electron chi connectivity index (χ2n) is 11.9. The van der Waals surface area contributed by atoms with Gasteiger partial charge in [0.25, 0.3) is 0 Å². The van der Waals surface area contributed by atoms with E-state index in [2.05, 4.69) is 104 Å². The largest absolute Gasteiger partial charge is 0.417 e. The molecule has 26 heavy (non-hydrogen) atoms. The lowest BCUT2D eigenvalue weighted by Gasteiger charge is -2.46. The summed E-state index contributed by atoms with van der Waals surface area (Å²) in [4.78, 5) is 0. The van der Waals surface area contributed by atoms with Crippen molar-refractivity contribution in [2.75, 3.05) is 13.2 Å². The van der Waals surface area contributed by atoms with Crippen LogP contribution in [0.3, 0.4) is 0 Å². The third-order valence-corrected chi connectivity index (χ3v) is 89.1. The van der Waals surface area contributed by atoms with E-state index in [1.54, 1.807) is 0 Å². The van der Waals surface area contributed by atoms with Crippen molar-refractivity contribution in [3.8, 4) is 0 Å². The van der Waals surface area contributed by atoms with Crippen molar-refractivity contribution in [1.82, 2.24) is 0 Å². The molecule has 0 aromatic heterocycles. The maximum absolute atomic E-state index is 6.49. The van der Waals surface area contributed by atoms with E-state index in [9.17, 15) is 0 Å². The van der Waals surface area contributed by atoms with E-state index in [4.69, 9.17) is 8.85 Å². The SMILES string of the molecule is C[Si](C)(C)[Si](C)(C)[Si](C)(C)OCC=CCO[Si](C)(C)[Si](C)(C)[Si](C)(C)C. The molecule has 0 heterocycles. The van der Waals surface area contributed by atoms with Crippen LogP contribution in [0.1, 0.15) is 0 Å². The summed E-state index contributed by atoms with van der Waals surface area (Å²) in [5, 5.41) is 0. The first-order chi connectivity index (χ1) is 11.2. The van der Waals surface area contributed by atoms with E-state index in [0.29, 0.717) is 0 Å². The van der Waals surface area contributed by atoms with Crippen LogP contribution < -0.4 is 0 Å². The lowest BCUT2D eigenvalue weighted by Crippen LogP contribution is -2.70. The normalized spacial score (nSPS) is 15.8. The number of rotatable bonds is 10. The van der Waals surface area contributed by atoms with E-state index in [0.717, 1.165) is 13.2 Å². The molecule has 0 saturated carbocycles. The zero-order chi connectivity index (χ0) is 21.2. The van der Waals surface area contributed by atoms with Gasteiger partial charge in [0, 0.05) is 15.2 Å². The molecular formula is C18H48O2Si6. The molecule has 0 atom stereocenters. The number of hydrogen-bond donors (Lipinski definition) is 0. The van der Waals surface area contributed by atoms with Crippen LogP contribution in [0.15, 0.2) is 12.2 Å². The molecule has 2 nitrogen and oxygen atoms in total. The highest BCUT2D eigenvalue weighted by Gasteiger charge is 2.52. The van der Waals surface area contributed by atoms with Crippen LogP contribution in [0.4, 0.5) is 0 Å². The fraction of sp³-hybridized carbons (Fsp3) is 0.889. The lowest BCUT2D eigenvalue weighted by atomic mass is 10.5. The van der Waals surface area contributed by atoms with Gasteiger partial charge >= 0.3 is 0 Å². The molecule has 0 bridgehead atoms. The van der Waals surface area contributed by atoms with Gasteiger partial charge in [-0.15, -0.1) is 0 Å². The summed E-state index contributed by atoms with van der Waals surface area (Å²) in [7, 11) is -7.95. The maximum atomic E-state index is 6.49. The summed E-state index contributed by atoms with van der Waals surface area (Å²) in [5.74, 6) is 0. The summed E-state index contributed by atoms with van der Waals surface area (Å²) in [6.07, 6.45) is 4.41. The molecule has 0 amide bonds. The van der Waals surface area contributed by atoms with Crippen LogP contribution in [0.25, 0.3) is 0 Å². The second-order valence-corrected chi connectivity index (χ2v) is 68.2. The fourth-order valence-corrected chi connectivity index (χ4v) is 55.5. The van der Waals surface area contributed by atoms with Crippen LogP contribution >= 0.6 is 0 Å². The maximum Gasteiger partial charge on any atom is 0.171 e. The van der Waals surface area contributed by atoms with Crippen LogP contribution in [-0.4, -0.2) is 58.3 Å². The molecule has 0 spiro atoms. The predicted molar refractivity (Wildman–Crippen MR) is 138 cm³/mol. The van der Waals surface area contributed by atoms with Crippen LogP contribution in [-0.2, 0) is 8.85 Å². The van der Waals surface area contributed by atoms with Gasteiger partial charge in [0.1, 0.15) is 0 Å². The van der Waals surface area contributed by atoms with Gasteiger partial charge in [-0.3, -0.25) is 0 Å². The van der Waals surface area contributed by atoms with Gasteiger partial charge in [0.15, 0.2) is 15.7 Å². The van der Waals surface area contributed by atoms with Crippen molar-refractivity contribution in [1.29, 1.82) is 0 Å². The highest BCUT2D eigenvalue weighted by Crippen LogP contribution is 2.30. The first-order valence-electron chi connectivity index (χ1n) is 10.1. The zero-order valence-corrected chi connectivity index (χ0v) is 26.4. The average Bonchev–Trinajstić information content (AvgIpc) is 2.39. The van der Waals surface area contributed by atoms with Crippen molar-refractivity contribution in [2.24, 2.45) is 0 Å². The Hall–Kier alpha value is 0.961.